The fraction of sp³-hybridized carbons (Fsp3) is 0.486. The van der Waals surface area contributed by atoms with Crippen LogP contribution in [0.4, 0.5) is 23.7 Å². The average molecular weight is 680 g/mol. The van der Waals surface area contributed by atoms with Gasteiger partial charge in [-0.3, -0.25) is 9.78 Å². The Morgan fingerprint density at radius 2 is 1.90 bits per heavy atom. The van der Waals surface area contributed by atoms with E-state index in [1.165, 1.54) is 4.57 Å². The molecule has 0 saturated carbocycles. The van der Waals surface area contributed by atoms with Crippen LogP contribution in [0.1, 0.15) is 57.0 Å². The molecule has 0 radical (unpaired) electrons. The van der Waals surface area contributed by atoms with E-state index in [9.17, 15) is 28.0 Å². The number of rotatable bonds is 13. The molecule has 262 valence electrons. The molecule has 3 heterocycles. The minimum atomic E-state index is -4.42. The van der Waals surface area contributed by atoms with Gasteiger partial charge in [-0.25, -0.2) is 4.79 Å². The van der Waals surface area contributed by atoms with Crippen LogP contribution in [-0.2, 0) is 23.3 Å². The normalized spacial score (nSPS) is 14.5. The summed E-state index contributed by atoms with van der Waals surface area (Å²) in [7, 11) is 0. The molecule has 0 spiro atoms. The number of benzene rings is 1. The van der Waals surface area contributed by atoms with Gasteiger partial charge >= 0.3 is 12.2 Å². The summed E-state index contributed by atoms with van der Waals surface area (Å²) in [5, 5.41) is 22.3. The Balaban J connectivity index is 1.30. The second kappa shape index (κ2) is 16.5. The van der Waals surface area contributed by atoms with E-state index in [1.807, 2.05) is 24.0 Å². The number of anilines is 1. The molecule has 2 aromatic heterocycles. The highest BCUT2D eigenvalue weighted by Crippen LogP contribution is 2.27. The van der Waals surface area contributed by atoms with E-state index in [-0.39, 0.29) is 36.8 Å². The van der Waals surface area contributed by atoms with Crippen LogP contribution in [0.2, 0.25) is 0 Å². The number of fused-ring (bicyclic) bond motifs is 1. The second-order valence-corrected chi connectivity index (χ2v) is 12.9. The van der Waals surface area contributed by atoms with Crippen molar-refractivity contribution in [3.63, 3.8) is 0 Å². The average Bonchev–Trinajstić information content (AvgIpc) is 3.38. The molecule has 4 rings (SSSR count). The molecule has 14 heteroatoms. The molecule has 1 unspecified atom stereocenters. The van der Waals surface area contributed by atoms with Gasteiger partial charge < -0.3 is 36.5 Å². The molecule has 11 nitrogen and oxygen atoms in total. The number of nitrogens with two attached hydrogens (primary N) is 1. The number of likely N-dealkylation sites (tertiary alicyclic amines) is 1. The summed E-state index contributed by atoms with van der Waals surface area (Å²) in [4.78, 5) is 29.7. The fourth-order valence-corrected chi connectivity index (χ4v) is 5.63. The van der Waals surface area contributed by atoms with Crippen LogP contribution in [0.5, 0.6) is 0 Å². The highest BCUT2D eigenvalue weighted by molar-refractivity contribution is 5.83. The van der Waals surface area contributed by atoms with Gasteiger partial charge in [0.2, 0.25) is 5.91 Å². The summed E-state index contributed by atoms with van der Waals surface area (Å²) in [5.74, 6) is 5.85. The molecule has 1 aliphatic rings. The molecule has 0 bridgehead atoms. The SMILES string of the molecule is CC(CCNCC(=O)N1CCC(NCc2ccc3c(c2)cc(C#CCNc2ccc(C(C)(C)C#N)nc2)n3CC(F)(F)F)CC1)NC(N)=O. The Bertz CT molecular complexity index is 1690. The van der Waals surface area contributed by atoms with Crippen molar-refractivity contribution >= 4 is 28.5 Å². The Hall–Kier alpha value is -4.79. The number of piperidine rings is 1. The van der Waals surface area contributed by atoms with Crippen molar-refractivity contribution in [1.29, 1.82) is 5.26 Å². The number of hydrogen-bond donors (Lipinski definition) is 5. The standard InChI is InChI=1S/C35H44F3N9O2/c1-24(45-33(40)49)10-14-41-21-32(48)46-15-11-27(12-16-46)43-19-25-6-8-30-26(17-25)18-29(47(30)23-35(36,37)38)5-4-13-42-28-7-9-31(44-20-28)34(2,3)22-39/h6-9,17-18,20,24,27,41-43H,10-16,19,21,23H2,1-3H3,(H3,40,45,49). The van der Waals surface area contributed by atoms with Crippen molar-refractivity contribution in [2.45, 2.75) is 76.8 Å². The monoisotopic (exact) mass is 679 g/mol. The van der Waals surface area contributed by atoms with Gasteiger partial charge in [0.25, 0.3) is 0 Å². The largest absolute Gasteiger partial charge is 0.406 e. The van der Waals surface area contributed by atoms with Gasteiger partial charge in [0.1, 0.15) is 6.54 Å². The third-order valence-corrected chi connectivity index (χ3v) is 8.45. The van der Waals surface area contributed by atoms with Gasteiger partial charge in [-0.1, -0.05) is 12.0 Å². The van der Waals surface area contributed by atoms with E-state index < -0.39 is 24.2 Å². The summed E-state index contributed by atoms with van der Waals surface area (Å²) >= 11 is 0. The molecule has 1 saturated heterocycles. The summed E-state index contributed by atoms with van der Waals surface area (Å²) in [6.45, 7) is 7.08. The molecule has 1 aliphatic heterocycles. The number of halogens is 3. The second-order valence-electron chi connectivity index (χ2n) is 12.9. The van der Waals surface area contributed by atoms with Crippen LogP contribution in [-0.4, -0.2) is 77.4 Å². The van der Waals surface area contributed by atoms with Gasteiger partial charge in [-0.05, 0) is 88.4 Å². The zero-order valence-electron chi connectivity index (χ0n) is 28.1. The number of amides is 3. The van der Waals surface area contributed by atoms with Gasteiger partial charge in [0.15, 0.2) is 0 Å². The molecular weight excluding hydrogens is 635 g/mol. The van der Waals surface area contributed by atoms with Crippen LogP contribution >= 0.6 is 0 Å². The van der Waals surface area contributed by atoms with Crippen LogP contribution in [0, 0.1) is 23.2 Å². The van der Waals surface area contributed by atoms with E-state index in [1.54, 1.807) is 44.3 Å². The van der Waals surface area contributed by atoms with Crippen LogP contribution in [0.25, 0.3) is 10.9 Å². The maximum absolute atomic E-state index is 13.5. The number of nitrogens with one attached hydrogen (secondary N) is 4. The number of carbonyl (C=O) groups excluding carboxylic acids is 2. The number of urea groups is 1. The molecular formula is C35H44F3N9O2. The van der Waals surface area contributed by atoms with Crippen LogP contribution in [0.15, 0.2) is 42.6 Å². The van der Waals surface area contributed by atoms with Crippen molar-refractivity contribution in [2.75, 3.05) is 38.0 Å². The Morgan fingerprint density at radius 1 is 1.14 bits per heavy atom. The first-order valence-corrected chi connectivity index (χ1v) is 16.3. The predicted molar refractivity (Wildman–Crippen MR) is 182 cm³/mol. The Morgan fingerprint density at radius 3 is 2.55 bits per heavy atom. The zero-order chi connectivity index (χ0) is 35.6. The quantitative estimate of drug-likeness (QED) is 0.135. The van der Waals surface area contributed by atoms with E-state index in [4.69, 9.17) is 5.73 Å². The van der Waals surface area contributed by atoms with Crippen molar-refractivity contribution in [2.24, 2.45) is 5.73 Å². The zero-order valence-corrected chi connectivity index (χ0v) is 28.1. The first-order chi connectivity index (χ1) is 23.2. The minimum Gasteiger partial charge on any atom is -0.373 e. The maximum atomic E-state index is 13.5. The molecule has 49 heavy (non-hydrogen) atoms. The number of primary amides is 1. The van der Waals surface area contributed by atoms with Crippen LogP contribution < -0.4 is 27.0 Å². The first kappa shape index (κ1) is 37.0. The topological polar surface area (TPSA) is 153 Å². The molecule has 6 N–H and O–H groups in total. The van der Waals surface area contributed by atoms with Crippen molar-refractivity contribution in [3.05, 3.63) is 59.5 Å². The highest BCUT2D eigenvalue weighted by Gasteiger charge is 2.30. The lowest BCUT2D eigenvalue weighted by Crippen LogP contribution is -2.47. The number of alkyl halides is 3. The number of nitrogens with zero attached hydrogens (tertiary/aromatic N) is 4. The summed E-state index contributed by atoms with van der Waals surface area (Å²) in [6, 6.07) is 12.4. The van der Waals surface area contributed by atoms with E-state index >= 15 is 0 Å². The molecule has 1 fully saturated rings. The Kier molecular flexibility index (Phi) is 12.5. The van der Waals surface area contributed by atoms with Gasteiger partial charge in [-0.2, -0.15) is 18.4 Å². The molecule has 3 amide bonds. The van der Waals surface area contributed by atoms with Crippen molar-refractivity contribution in [1.82, 2.24) is 30.4 Å². The number of hydrogen-bond acceptors (Lipinski definition) is 7. The van der Waals surface area contributed by atoms with Gasteiger partial charge in [0, 0.05) is 42.6 Å². The number of aromatic nitrogens is 2. The molecule has 1 aromatic carbocycles. The molecule has 3 aromatic rings. The molecule has 0 aliphatic carbocycles. The lowest BCUT2D eigenvalue weighted by Gasteiger charge is -2.32. The third kappa shape index (κ3) is 11.1. The lowest BCUT2D eigenvalue weighted by atomic mass is 9.91. The minimum absolute atomic E-state index is 0.0317. The van der Waals surface area contributed by atoms with Gasteiger partial charge in [0.05, 0.1) is 47.8 Å². The first-order valence-electron chi connectivity index (χ1n) is 16.3. The van der Waals surface area contributed by atoms with Crippen LogP contribution in [0.3, 0.4) is 0 Å². The third-order valence-electron chi connectivity index (χ3n) is 8.45. The maximum Gasteiger partial charge on any atom is 0.406 e. The van der Waals surface area contributed by atoms with E-state index in [0.717, 1.165) is 18.4 Å². The van der Waals surface area contributed by atoms with Gasteiger partial charge in [-0.15, -0.1) is 0 Å². The summed E-state index contributed by atoms with van der Waals surface area (Å²) in [5.41, 5.74) is 7.39. The number of pyridine rings is 1. The van der Waals surface area contributed by atoms with Crippen molar-refractivity contribution < 1.29 is 22.8 Å². The summed E-state index contributed by atoms with van der Waals surface area (Å²) in [6.07, 6.45) is -0.569. The van der Waals surface area contributed by atoms with E-state index in [2.05, 4.69) is 44.2 Å². The predicted octanol–water partition coefficient (Wildman–Crippen LogP) is 3.98. The summed E-state index contributed by atoms with van der Waals surface area (Å²) < 4.78 is 41.8. The fourth-order valence-electron chi connectivity index (χ4n) is 5.63. The smallest absolute Gasteiger partial charge is 0.373 e. The number of carbonyl (C=O) groups is 2. The van der Waals surface area contributed by atoms with Crippen molar-refractivity contribution in [3.8, 4) is 17.9 Å². The highest BCUT2D eigenvalue weighted by atomic mass is 19.4. The Labute approximate surface area is 284 Å². The lowest BCUT2D eigenvalue weighted by molar-refractivity contribution is -0.140. The van der Waals surface area contributed by atoms with E-state index in [0.29, 0.717) is 54.9 Å². The molecule has 1 atom stereocenters. The number of nitriles is 1.